The number of nitrogens with zero attached hydrogens (tertiary/aromatic N) is 3. The highest BCUT2D eigenvalue weighted by atomic mass is 16.7. The van der Waals surface area contributed by atoms with Crippen molar-refractivity contribution in [1.82, 2.24) is 20.2 Å². The van der Waals surface area contributed by atoms with Gasteiger partial charge in [-0.2, -0.15) is 5.06 Å². The van der Waals surface area contributed by atoms with Gasteiger partial charge in [0.1, 0.15) is 24.5 Å². The zero-order valence-electron chi connectivity index (χ0n) is 23.3. The number of carbonyl (C=O) groups is 2. The van der Waals surface area contributed by atoms with Gasteiger partial charge in [-0.1, -0.05) is 42.5 Å². The van der Waals surface area contributed by atoms with Crippen molar-refractivity contribution in [1.29, 1.82) is 0 Å². The minimum Gasteiger partial charge on any atom is -0.486 e. The number of likely N-dealkylation sites (N-methyl/N-ethyl adjacent to an activating group) is 1. The summed E-state index contributed by atoms with van der Waals surface area (Å²) in [6, 6.07) is 15.3. The summed E-state index contributed by atoms with van der Waals surface area (Å²) < 4.78 is 5.69. The maximum atomic E-state index is 12.6. The molecule has 3 N–H and O–H groups in total. The fourth-order valence-electron chi connectivity index (χ4n) is 5.64. The maximum Gasteiger partial charge on any atom is 0.240 e. The van der Waals surface area contributed by atoms with Crippen LogP contribution in [0.5, 0.6) is 5.75 Å². The van der Waals surface area contributed by atoms with Crippen LogP contribution in [0.4, 0.5) is 0 Å². The van der Waals surface area contributed by atoms with E-state index in [2.05, 4.69) is 27.2 Å². The molecule has 4 rings (SSSR count). The summed E-state index contributed by atoms with van der Waals surface area (Å²) in [6.07, 6.45) is 2.61. The lowest BCUT2D eigenvalue weighted by Gasteiger charge is -2.27. The zero-order chi connectivity index (χ0) is 28.3. The number of hydrogen-bond acceptors (Lipinski definition) is 9. The van der Waals surface area contributed by atoms with E-state index in [4.69, 9.17) is 9.57 Å². The van der Waals surface area contributed by atoms with Gasteiger partial charge in [0, 0.05) is 44.7 Å². The van der Waals surface area contributed by atoms with Gasteiger partial charge in [0.05, 0.1) is 19.8 Å². The lowest BCUT2D eigenvalue weighted by atomic mass is 9.95. The van der Waals surface area contributed by atoms with Crippen molar-refractivity contribution in [2.75, 3.05) is 53.0 Å². The van der Waals surface area contributed by atoms with Crippen LogP contribution in [-0.4, -0.2) is 102 Å². The molecule has 3 atom stereocenters. The van der Waals surface area contributed by atoms with Crippen molar-refractivity contribution in [3.05, 3.63) is 65.2 Å². The third kappa shape index (κ3) is 7.87. The summed E-state index contributed by atoms with van der Waals surface area (Å²) in [5.41, 5.74) is 3.13. The number of aliphatic hydroxyl groups is 2. The molecule has 10 nitrogen and oxygen atoms in total. The van der Waals surface area contributed by atoms with Crippen LogP contribution < -0.4 is 10.1 Å². The number of hydrogen-bond donors (Lipinski definition) is 3. The Morgan fingerprint density at radius 2 is 1.88 bits per heavy atom. The smallest absolute Gasteiger partial charge is 0.240 e. The largest absolute Gasteiger partial charge is 0.486 e. The van der Waals surface area contributed by atoms with Crippen molar-refractivity contribution in [2.24, 2.45) is 5.92 Å². The maximum absolute atomic E-state index is 12.6. The van der Waals surface area contributed by atoms with E-state index >= 15 is 0 Å². The third-order valence-corrected chi connectivity index (χ3v) is 7.71. The molecule has 218 valence electrons. The number of aliphatic hydroxyl groups excluding tert-OH is 2. The second-order valence-corrected chi connectivity index (χ2v) is 10.5. The number of nitrogens with one attached hydrogen (secondary N) is 1. The predicted octanol–water partition coefficient (Wildman–Crippen LogP) is 1.19. The number of hydroxylamine groups is 2. The van der Waals surface area contributed by atoms with E-state index in [1.165, 1.54) is 12.8 Å². The van der Waals surface area contributed by atoms with Crippen molar-refractivity contribution in [3.63, 3.8) is 0 Å². The second-order valence-electron chi connectivity index (χ2n) is 10.5. The van der Waals surface area contributed by atoms with Gasteiger partial charge in [-0.3, -0.25) is 19.3 Å². The highest BCUT2D eigenvalue weighted by Gasteiger charge is 2.46. The molecular weight excluding hydrogens is 512 g/mol. The Morgan fingerprint density at radius 1 is 1.10 bits per heavy atom. The van der Waals surface area contributed by atoms with Crippen molar-refractivity contribution >= 4 is 12.2 Å². The van der Waals surface area contributed by atoms with Crippen LogP contribution in [0.3, 0.4) is 0 Å². The Morgan fingerprint density at radius 3 is 2.60 bits per heavy atom. The number of para-hydroxylation sites is 1. The van der Waals surface area contributed by atoms with Gasteiger partial charge in [-0.05, 0) is 43.1 Å². The van der Waals surface area contributed by atoms with Gasteiger partial charge in [0.25, 0.3) is 0 Å². The molecule has 0 bridgehead atoms. The Labute approximate surface area is 236 Å². The first-order valence-corrected chi connectivity index (χ1v) is 14.1. The average molecular weight is 555 g/mol. The van der Waals surface area contributed by atoms with E-state index < -0.39 is 18.1 Å². The number of carbonyl (C=O) groups excluding carboxylic acids is 2. The molecule has 2 fully saturated rings. The number of benzene rings is 2. The molecule has 0 spiro atoms. The van der Waals surface area contributed by atoms with E-state index in [1.807, 2.05) is 36.4 Å². The summed E-state index contributed by atoms with van der Waals surface area (Å²) in [4.78, 5) is 34.3. The molecule has 40 heavy (non-hydrogen) atoms. The Balaban J connectivity index is 1.49. The van der Waals surface area contributed by atoms with Crippen molar-refractivity contribution in [2.45, 2.75) is 44.6 Å². The summed E-state index contributed by atoms with van der Waals surface area (Å²) >= 11 is 0. The first-order valence-electron chi connectivity index (χ1n) is 14.1. The number of rotatable bonds is 15. The number of ether oxygens (including phenoxy) is 1. The second kappa shape index (κ2) is 15.2. The molecular formula is C30H42N4O6. The van der Waals surface area contributed by atoms with E-state index in [9.17, 15) is 19.8 Å². The monoisotopic (exact) mass is 554 g/mol. The van der Waals surface area contributed by atoms with Crippen LogP contribution in [0.1, 0.15) is 29.5 Å². The summed E-state index contributed by atoms with van der Waals surface area (Å²) in [5.74, 6) is -0.0526. The average Bonchev–Trinajstić information content (AvgIpc) is 3.62. The fourth-order valence-corrected chi connectivity index (χ4v) is 5.64. The summed E-state index contributed by atoms with van der Waals surface area (Å²) in [6.45, 7) is 5.35. The standard InChI is InChI=1S/C30H42N4O6/c1-31-30(38)29-26(21-36)28(22-37)40-34(29)19-24-8-6-7-23(17-24)18-33(14-13-32-11-4-5-12-32)20-25-9-2-3-10-27(25)39-16-15-35/h2-3,6-10,15,17,26,28-29,36-37H,4-5,11-14,16,18-22H2,1H3,(H,31,38). The molecule has 2 aromatic rings. The molecule has 2 aliphatic heterocycles. The van der Waals surface area contributed by atoms with Gasteiger partial charge >= 0.3 is 0 Å². The first-order chi connectivity index (χ1) is 19.6. The van der Waals surface area contributed by atoms with Crippen LogP contribution >= 0.6 is 0 Å². The highest BCUT2D eigenvalue weighted by molar-refractivity contribution is 5.82. The van der Waals surface area contributed by atoms with Crippen LogP contribution in [0.15, 0.2) is 48.5 Å². The van der Waals surface area contributed by atoms with Gasteiger partial charge in [0.15, 0.2) is 6.29 Å². The first kappa shape index (κ1) is 30.1. The van der Waals surface area contributed by atoms with Gasteiger partial charge in [-0.15, -0.1) is 0 Å². The zero-order valence-corrected chi connectivity index (χ0v) is 23.3. The highest BCUT2D eigenvalue weighted by Crippen LogP contribution is 2.29. The topological polar surface area (TPSA) is 115 Å². The molecule has 0 aromatic heterocycles. The molecule has 1 amide bonds. The van der Waals surface area contributed by atoms with Crippen LogP contribution in [0.2, 0.25) is 0 Å². The lowest BCUT2D eigenvalue weighted by Crippen LogP contribution is -2.46. The van der Waals surface area contributed by atoms with Gasteiger partial charge in [-0.25, -0.2) is 0 Å². The molecule has 2 heterocycles. The normalized spacial score (nSPS) is 21.6. The Kier molecular flexibility index (Phi) is 11.5. The Bertz CT molecular complexity index is 1100. The van der Waals surface area contributed by atoms with E-state index in [-0.39, 0.29) is 25.7 Å². The molecule has 0 radical (unpaired) electrons. The molecule has 3 unspecified atom stereocenters. The summed E-state index contributed by atoms with van der Waals surface area (Å²) in [7, 11) is 1.56. The Hall–Kier alpha value is -2.86. The van der Waals surface area contributed by atoms with Crippen LogP contribution in [-0.2, 0) is 34.1 Å². The molecule has 10 heteroatoms. The van der Waals surface area contributed by atoms with Crippen molar-refractivity contribution in [3.8, 4) is 5.75 Å². The van der Waals surface area contributed by atoms with Crippen LogP contribution in [0.25, 0.3) is 0 Å². The predicted molar refractivity (Wildman–Crippen MR) is 150 cm³/mol. The fraction of sp³-hybridized carbons (Fsp3) is 0.533. The minimum atomic E-state index is -0.698. The number of aldehydes is 1. The van der Waals surface area contributed by atoms with Crippen molar-refractivity contribution < 1.29 is 29.4 Å². The van der Waals surface area contributed by atoms with E-state index in [1.54, 1.807) is 12.1 Å². The number of likely N-dealkylation sites (tertiary alicyclic amines) is 1. The van der Waals surface area contributed by atoms with Gasteiger partial charge < -0.3 is 25.2 Å². The van der Waals surface area contributed by atoms with E-state index in [0.29, 0.717) is 19.6 Å². The molecule has 0 saturated carbocycles. The summed E-state index contributed by atoms with van der Waals surface area (Å²) in [5, 5.41) is 23.9. The van der Waals surface area contributed by atoms with E-state index in [0.717, 1.165) is 54.9 Å². The quantitative estimate of drug-likeness (QED) is 0.279. The van der Waals surface area contributed by atoms with Crippen LogP contribution in [0, 0.1) is 5.92 Å². The molecule has 2 aliphatic rings. The van der Waals surface area contributed by atoms with Gasteiger partial charge in [0.2, 0.25) is 5.91 Å². The minimum absolute atomic E-state index is 0.0245. The third-order valence-electron chi connectivity index (χ3n) is 7.71. The number of amides is 1. The molecule has 2 saturated heterocycles. The molecule has 2 aromatic carbocycles. The molecule has 0 aliphatic carbocycles. The lowest BCUT2D eigenvalue weighted by molar-refractivity contribution is -0.181. The SMILES string of the molecule is CNC(=O)C1C(CO)C(CO)ON1Cc1cccc(CN(CCN2CCCC2)Cc2ccccc2OCC=O)c1.